The number of aromatic nitrogens is 2. The molecule has 0 aliphatic rings. The van der Waals surface area contributed by atoms with E-state index >= 15 is 0 Å². The fourth-order valence-electron chi connectivity index (χ4n) is 1.78. The molecule has 1 aromatic carbocycles. The number of benzene rings is 1. The maximum atomic E-state index is 10.9. The van der Waals surface area contributed by atoms with E-state index in [4.69, 9.17) is 5.11 Å². The Hall–Kier alpha value is -2.50. The number of carboxylic acids is 1. The van der Waals surface area contributed by atoms with Gasteiger partial charge in [0.1, 0.15) is 0 Å². The van der Waals surface area contributed by atoms with Crippen molar-refractivity contribution >= 4 is 11.8 Å². The lowest BCUT2D eigenvalue weighted by molar-refractivity contribution is -0.137. The molecule has 0 amide bonds. The van der Waals surface area contributed by atoms with E-state index < -0.39 is 12.0 Å². The van der Waals surface area contributed by atoms with Crippen LogP contribution in [0.25, 0.3) is 0 Å². The average molecular weight is 245 g/mol. The predicted octanol–water partition coefficient (Wildman–Crippen LogP) is 2.35. The molecule has 1 unspecified atom stereocenters. The van der Waals surface area contributed by atoms with Crippen LogP contribution in [0.1, 0.15) is 18.0 Å². The van der Waals surface area contributed by atoms with Crippen LogP contribution in [-0.4, -0.2) is 20.6 Å². The fourth-order valence-corrected chi connectivity index (χ4v) is 1.78. The molecule has 6 heteroatoms. The summed E-state index contributed by atoms with van der Waals surface area (Å²) in [6.45, 7) is 0. The third-order valence-electron chi connectivity index (χ3n) is 2.59. The maximum absolute atomic E-state index is 10.9. The molecule has 18 heavy (non-hydrogen) atoms. The molecule has 0 saturated heterocycles. The van der Waals surface area contributed by atoms with Crippen molar-refractivity contribution in [3.63, 3.8) is 0 Å². The summed E-state index contributed by atoms with van der Waals surface area (Å²) < 4.78 is 1.58. The number of rotatable bonds is 5. The molecule has 0 aliphatic heterocycles. The Morgan fingerprint density at radius 2 is 2.11 bits per heavy atom. The molecule has 1 N–H and O–H groups in total. The van der Waals surface area contributed by atoms with Crippen LogP contribution in [0.15, 0.2) is 48.0 Å². The first-order valence-electron chi connectivity index (χ1n) is 5.34. The first-order valence-corrected chi connectivity index (χ1v) is 5.34. The van der Waals surface area contributed by atoms with Crippen molar-refractivity contribution in [1.82, 2.24) is 9.55 Å². The Morgan fingerprint density at radius 1 is 1.39 bits per heavy atom. The van der Waals surface area contributed by atoms with Gasteiger partial charge in [-0.15, -0.1) is 4.91 Å². The van der Waals surface area contributed by atoms with Gasteiger partial charge in [0.15, 0.2) is 0 Å². The van der Waals surface area contributed by atoms with Crippen LogP contribution in [0.5, 0.6) is 0 Å². The van der Waals surface area contributed by atoms with Gasteiger partial charge in [0.2, 0.25) is 5.82 Å². The van der Waals surface area contributed by atoms with Gasteiger partial charge in [-0.05, 0) is 10.7 Å². The molecule has 1 aromatic heterocycles. The van der Waals surface area contributed by atoms with Gasteiger partial charge < -0.3 is 9.67 Å². The van der Waals surface area contributed by atoms with Crippen LogP contribution in [-0.2, 0) is 4.79 Å². The van der Waals surface area contributed by atoms with Crippen LogP contribution in [0.4, 0.5) is 5.82 Å². The number of imidazole rings is 1. The Labute approximate surface area is 103 Å². The summed E-state index contributed by atoms with van der Waals surface area (Å²) in [6, 6.07) is 8.79. The fraction of sp³-hybridized carbons (Fsp3) is 0.167. The smallest absolute Gasteiger partial charge is 0.305 e. The summed E-state index contributed by atoms with van der Waals surface area (Å²) in [4.78, 5) is 25.1. The second kappa shape index (κ2) is 5.22. The van der Waals surface area contributed by atoms with Gasteiger partial charge in [-0.3, -0.25) is 4.79 Å². The van der Waals surface area contributed by atoms with Crippen molar-refractivity contribution in [2.24, 2.45) is 5.18 Å². The summed E-state index contributed by atoms with van der Waals surface area (Å²) >= 11 is 0. The molecule has 92 valence electrons. The molecule has 0 spiro atoms. The van der Waals surface area contributed by atoms with E-state index in [0.717, 1.165) is 5.56 Å². The SMILES string of the molecule is O=Nc1cn(C(CC(=O)O)c2ccccc2)cn1. The minimum absolute atomic E-state index is 0.0429. The standard InChI is InChI=1S/C12H11N3O3/c16-12(17)6-10(9-4-2-1-3-5-9)15-7-11(14-18)13-8-15/h1-5,7-8,10H,6H2,(H,16,17). The Balaban J connectivity index is 2.36. The molecular formula is C12H11N3O3. The van der Waals surface area contributed by atoms with Crippen molar-refractivity contribution in [3.05, 3.63) is 53.3 Å². The number of hydrogen-bond donors (Lipinski definition) is 1. The van der Waals surface area contributed by atoms with Gasteiger partial charge >= 0.3 is 5.97 Å². The summed E-state index contributed by atoms with van der Waals surface area (Å²) in [7, 11) is 0. The quantitative estimate of drug-likeness (QED) is 0.819. The molecule has 1 heterocycles. The van der Waals surface area contributed by atoms with Gasteiger partial charge in [0.25, 0.3) is 0 Å². The molecule has 2 aromatic rings. The Kier molecular flexibility index (Phi) is 3.47. The summed E-state index contributed by atoms with van der Waals surface area (Å²) in [5.41, 5.74) is 0.842. The molecule has 0 radical (unpaired) electrons. The van der Waals surface area contributed by atoms with Crippen LogP contribution >= 0.6 is 0 Å². The number of aliphatic carboxylic acids is 1. The zero-order chi connectivity index (χ0) is 13.0. The lowest BCUT2D eigenvalue weighted by atomic mass is 10.0. The van der Waals surface area contributed by atoms with E-state index in [1.165, 1.54) is 12.5 Å². The third kappa shape index (κ3) is 2.60. The normalized spacial score (nSPS) is 12.0. The highest BCUT2D eigenvalue weighted by molar-refractivity contribution is 5.68. The molecule has 0 fully saturated rings. The predicted molar refractivity (Wildman–Crippen MR) is 64.5 cm³/mol. The summed E-state index contributed by atoms with van der Waals surface area (Å²) in [5, 5.41) is 11.7. The van der Waals surface area contributed by atoms with Crippen LogP contribution in [0.3, 0.4) is 0 Å². The number of nitroso groups, excluding NO2 is 1. The van der Waals surface area contributed by atoms with E-state index in [2.05, 4.69) is 10.2 Å². The van der Waals surface area contributed by atoms with Crippen molar-refractivity contribution in [2.45, 2.75) is 12.5 Å². The monoisotopic (exact) mass is 245 g/mol. The number of carboxylic acid groups (broad SMARTS) is 1. The topological polar surface area (TPSA) is 84.5 Å². The van der Waals surface area contributed by atoms with Gasteiger partial charge in [-0.25, -0.2) is 4.98 Å². The summed E-state index contributed by atoms with van der Waals surface area (Å²) in [5.74, 6) is -0.875. The van der Waals surface area contributed by atoms with Crippen LogP contribution in [0, 0.1) is 4.91 Å². The Morgan fingerprint density at radius 3 is 2.67 bits per heavy atom. The van der Waals surface area contributed by atoms with Crippen molar-refractivity contribution in [2.75, 3.05) is 0 Å². The zero-order valence-corrected chi connectivity index (χ0v) is 9.43. The summed E-state index contributed by atoms with van der Waals surface area (Å²) in [6.07, 6.45) is 2.77. The van der Waals surface area contributed by atoms with Crippen LogP contribution in [0.2, 0.25) is 0 Å². The van der Waals surface area contributed by atoms with E-state index in [-0.39, 0.29) is 12.2 Å². The molecule has 0 bridgehead atoms. The molecule has 0 saturated carbocycles. The second-order valence-corrected chi connectivity index (χ2v) is 3.79. The molecule has 1 atom stereocenters. The van der Waals surface area contributed by atoms with Crippen molar-refractivity contribution in [1.29, 1.82) is 0 Å². The van der Waals surface area contributed by atoms with E-state index in [1.807, 2.05) is 30.3 Å². The highest BCUT2D eigenvalue weighted by Crippen LogP contribution is 2.23. The maximum Gasteiger partial charge on any atom is 0.305 e. The Bertz CT molecular complexity index is 551. The molecule has 0 aliphatic carbocycles. The first kappa shape index (κ1) is 12.0. The zero-order valence-electron chi connectivity index (χ0n) is 9.43. The van der Waals surface area contributed by atoms with Gasteiger partial charge in [-0.2, -0.15) is 0 Å². The lowest BCUT2D eigenvalue weighted by Gasteiger charge is -2.16. The number of carbonyl (C=O) groups is 1. The minimum atomic E-state index is -0.918. The van der Waals surface area contributed by atoms with E-state index in [1.54, 1.807) is 4.57 Å². The molecule has 6 nitrogen and oxygen atoms in total. The van der Waals surface area contributed by atoms with E-state index in [9.17, 15) is 9.70 Å². The number of nitrogens with zero attached hydrogens (tertiary/aromatic N) is 3. The average Bonchev–Trinajstić information content (AvgIpc) is 2.85. The third-order valence-corrected chi connectivity index (χ3v) is 2.59. The largest absolute Gasteiger partial charge is 0.481 e. The highest BCUT2D eigenvalue weighted by Gasteiger charge is 2.17. The van der Waals surface area contributed by atoms with Crippen LogP contribution < -0.4 is 0 Å². The molecule has 2 rings (SSSR count). The lowest BCUT2D eigenvalue weighted by Crippen LogP contribution is -2.13. The number of hydrogen-bond acceptors (Lipinski definition) is 4. The van der Waals surface area contributed by atoms with E-state index in [0.29, 0.717) is 0 Å². The highest BCUT2D eigenvalue weighted by atomic mass is 16.4. The molecular weight excluding hydrogens is 234 g/mol. The van der Waals surface area contributed by atoms with Crippen molar-refractivity contribution < 1.29 is 9.90 Å². The van der Waals surface area contributed by atoms with Gasteiger partial charge in [0.05, 0.1) is 25.0 Å². The van der Waals surface area contributed by atoms with Gasteiger partial charge in [-0.1, -0.05) is 30.3 Å². The van der Waals surface area contributed by atoms with Crippen molar-refractivity contribution in [3.8, 4) is 0 Å². The second-order valence-electron chi connectivity index (χ2n) is 3.79. The first-order chi connectivity index (χ1) is 8.70. The minimum Gasteiger partial charge on any atom is -0.481 e. The van der Waals surface area contributed by atoms with Gasteiger partial charge in [0, 0.05) is 0 Å².